The highest BCUT2D eigenvalue weighted by molar-refractivity contribution is 5.80. The minimum Gasteiger partial charge on any atom is -0.488 e. The number of anilines is 1. The van der Waals surface area contributed by atoms with Gasteiger partial charge >= 0.3 is 0 Å². The maximum atomic E-state index is 6.22. The van der Waals surface area contributed by atoms with Crippen molar-refractivity contribution in [3.63, 3.8) is 0 Å². The van der Waals surface area contributed by atoms with Crippen LogP contribution in [0.1, 0.15) is 23.1 Å². The van der Waals surface area contributed by atoms with Crippen molar-refractivity contribution in [2.75, 3.05) is 51.5 Å². The largest absolute Gasteiger partial charge is 0.488 e. The number of guanidine groups is 1. The fraction of sp³-hybridized carbons (Fsp3) is 0.480. The van der Waals surface area contributed by atoms with Crippen LogP contribution in [0.2, 0.25) is 0 Å². The molecule has 2 saturated heterocycles. The van der Waals surface area contributed by atoms with E-state index in [0.717, 1.165) is 56.6 Å². The molecule has 2 heterocycles. The summed E-state index contributed by atoms with van der Waals surface area (Å²) in [6, 6.07) is 14.9. The zero-order valence-corrected chi connectivity index (χ0v) is 19.1. The third-order valence-corrected chi connectivity index (χ3v) is 5.86. The molecular weight excluding hydrogens is 404 g/mol. The van der Waals surface area contributed by atoms with Gasteiger partial charge in [-0.15, -0.1) is 0 Å². The van der Waals surface area contributed by atoms with E-state index < -0.39 is 0 Å². The monoisotopic (exact) mass is 438 g/mol. The molecule has 7 heteroatoms. The van der Waals surface area contributed by atoms with E-state index >= 15 is 0 Å². The summed E-state index contributed by atoms with van der Waals surface area (Å²) in [5.74, 6) is 1.68. The van der Waals surface area contributed by atoms with Crippen molar-refractivity contribution in [3.8, 4) is 5.75 Å². The Morgan fingerprint density at radius 2 is 1.81 bits per heavy atom. The first kappa shape index (κ1) is 22.4. The molecule has 0 bridgehead atoms. The van der Waals surface area contributed by atoms with Gasteiger partial charge in [0.15, 0.2) is 5.96 Å². The smallest absolute Gasteiger partial charge is 0.191 e. The van der Waals surface area contributed by atoms with E-state index in [1.54, 1.807) is 7.05 Å². The Balaban J connectivity index is 1.36. The maximum Gasteiger partial charge on any atom is 0.191 e. The molecule has 2 aromatic rings. The van der Waals surface area contributed by atoms with E-state index in [4.69, 9.17) is 14.2 Å². The van der Waals surface area contributed by atoms with E-state index in [2.05, 4.69) is 69.9 Å². The van der Waals surface area contributed by atoms with E-state index in [9.17, 15) is 0 Å². The van der Waals surface area contributed by atoms with Crippen molar-refractivity contribution in [1.82, 2.24) is 10.6 Å². The van der Waals surface area contributed by atoms with Crippen LogP contribution in [0.5, 0.6) is 5.75 Å². The lowest BCUT2D eigenvalue weighted by molar-refractivity contribution is 0.122. The van der Waals surface area contributed by atoms with Gasteiger partial charge in [-0.2, -0.15) is 0 Å². The molecule has 2 aromatic carbocycles. The lowest BCUT2D eigenvalue weighted by Crippen LogP contribution is -2.39. The zero-order chi connectivity index (χ0) is 22.2. The fourth-order valence-corrected chi connectivity index (χ4v) is 4.05. The molecule has 1 atom stereocenters. The van der Waals surface area contributed by atoms with Gasteiger partial charge in [-0.3, -0.25) is 4.99 Å². The number of morpholine rings is 1. The summed E-state index contributed by atoms with van der Waals surface area (Å²) in [5, 5.41) is 6.89. The molecule has 0 saturated carbocycles. The number of hydrogen-bond donors (Lipinski definition) is 2. The van der Waals surface area contributed by atoms with Crippen molar-refractivity contribution < 1.29 is 14.2 Å². The number of rotatable bonds is 7. The van der Waals surface area contributed by atoms with Crippen LogP contribution in [0.15, 0.2) is 47.5 Å². The van der Waals surface area contributed by atoms with Gasteiger partial charge in [-0.1, -0.05) is 30.3 Å². The summed E-state index contributed by atoms with van der Waals surface area (Å²) in [4.78, 5) is 6.80. The molecule has 2 N–H and O–H groups in total. The Morgan fingerprint density at radius 1 is 1.03 bits per heavy atom. The summed E-state index contributed by atoms with van der Waals surface area (Å²) in [6.07, 6.45) is 1.07. The van der Waals surface area contributed by atoms with Crippen LogP contribution < -0.4 is 20.3 Å². The van der Waals surface area contributed by atoms with Crippen molar-refractivity contribution in [2.24, 2.45) is 4.99 Å². The fourth-order valence-electron chi connectivity index (χ4n) is 4.05. The van der Waals surface area contributed by atoms with Gasteiger partial charge in [0.05, 0.1) is 26.4 Å². The Labute approximate surface area is 190 Å². The van der Waals surface area contributed by atoms with Gasteiger partial charge in [-0.25, -0.2) is 0 Å². The SMILES string of the molecule is CN=C(NCc1ccc(C)cc1OC1CCOC1)NCc1ccccc1N1CCOCC1. The lowest BCUT2D eigenvalue weighted by Gasteiger charge is -2.30. The predicted molar refractivity (Wildman–Crippen MR) is 128 cm³/mol. The highest BCUT2D eigenvalue weighted by atomic mass is 16.5. The molecule has 32 heavy (non-hydrogen) atoms. The van der Waals surface area contributed by atoms with Crippen molar-refractivity contribution in [3.05, 3.63) is 59.2 Å². The molecule has 2 aliphatic rings. The lowest BCUT2D eigenvalue weighted by atomic mass is 10.1. The number of nitrogens with zero attached hydrogens (tertiary/aromatic N) is 2. The molecule has 172 valence electrons. The van der Waals surface area contributed by atoms with Crippen LogP contribution in [-0.4, -0.2) is 58.6 Å². The van der Waals surface area contributed by atoms with Crippen molar-refractivity contribution >= 4 is 11.6 Å². The van der Waals surface area contributed by atoms with Crippen LogP contribution in [0, 0.1) is 6.92 Å². The van der Waals surface area contributed by atoms with E-state index in [0.29, 0.717) is 19.7 Å². The van der Waals surface area contributed by atoms with E-state index in [1.807, 2.05) is 0 Å². The number of nitrogens with one attached hydrogen (secondary N) is 2. The number of aliphatic imine (C=N–C) groups is 1. The summed E-state index contributed by atoms with van der Waals surface area (Å²) < 4.78 is 17.2. The van der Waals surface area contributed by atoms with Crippen LogP contribution in [0.4, 0.5) is 5.69 Å². The second-order valence-corrected chi connectivity index (χ2v) is 8.22. The van der Waals surface area contributed by atoms with Crippen LogP contribution >= 0.6 is 0 Å². The molecule has 0 amide bonds. The quantitative estimate of drug-likeness (QED) is 0.512. The van der Waals surface area contributed by atoms with Gasteiger partial charge in [0.1, 0.15) is 11.9 Å². The molecule has 2 fully saturated rings. The van der Waals surface area contributed by atoms with Gasteiger partial charge < -0.3 is 29.7 Å². The first-order chi connectivity index (χ1) is 15.7. The summed E-state index contributed by atoms with van der Waals surface area (Å²) in [7, 11) is 1.80. The zero-order valence-electron chi connectivity index (χ0n) is 19.1. The average molecular weight is 439 g/mol. The number of para-hydroxylation sites is 1. The molecule has 1 unspecified atom stereocenters. The Kier molecular flexibility index (Phi) is 7.85. The minimum atomic E-state index is 0.129. The minimum absolute atomic E-state index is 0.129. The molecule has 0 aromatic heterocycles. The molecule has 7 nitrogen and oxygen atoms in total. The molecule has 0 aliphatic carbocycles. The van der Waals surface area contributed by atoms with E-state index in [1.165, 1.54) is 16.8 Å². The highest BCUT2D eigenvalue weighted by Crippen LogP contribution is 2.24. The van der Waals surface area contributed by atoms with Gasteiger partial charge in [-0.05, 0) is 30.2 Å². The molecule has 2 aliphatic heterocycles. The topological polar surface area (TPSA) is 67.4 Å². The van der Waals surface area contributed by atoms with Gasteiger partial charge in [0.25, 0.3) is 0 Å². The molecular formula is C25H34N4O3. The van der Waals surface area contributed by atoms with Crippen molar-refractivity contribution in [1.29, 1.82) is 0 Å². The van der Waals surface area contributed by atoms with Crippen LogP contribution in [0.25, 0.3) is 0 Å². The standard InChI is InChI=1S/C25H34N4O3/c1-19-7-8-21(24(15-19)32-22-9-12-31-18-22)17-28-25(26-2)27-16-20-5-3-4-6-23(20)29-10-13-30-14-11-29/h3-8,15,22H,9-14,16-18H2,1-2H3,(H2,26,27,28). The maximum absolute atomic E-state index is 6.22. The highest BCUT2D eigenvalue weighted by Gasteiger charge is 2.19. The summed E-state index contributed by atoms with van der Waals surface area (Å²) in [5.41, 5.74) is 4.80. The normalized spacial score (nSPS) is 19.1. The second kappa shape index (κ2) is 11.2. The van der Waals surface area contributed by atoms with Crippen LogP contribution in [-0.2, 0) is 22.6 Å². The predicted octanol–water partition coefficient (Wildman–Crippen LogP) is 2.86. The third kappa shape index (κ3) is 5.93. The van der Waals surface area contributed by atoms with Crippen molar-refractivity contribution in [2.45, 2.75) is 32.5 Å². The second-order valence-electron chi connectivity index (χ2n) is 8.22. The van der Waals surface area contributed by atoms with Gasteiger partial charge in [0.2, 0.25) is 0 Å². The first-order valence-corrected chi connectivity index (χ1v) is 11.4. The summed E-state index contributed by atoms with van der Waals surface area (Å²) >= 11 is 0. The number of aryl methyl sites for hydroxylation is 1. The molecule has 4 rings (SSSR count). The Hall–Kier alpha value is -2.77. The average Bonchev–Trinajstić information content (AvgIpc) is 3.34. The first-order valence-electron chi connectivity index (χ1n) is 11.4. The third-order valence-electron chi connectivity index (χ3n) is 5.86. The number of ether oxygens (including phenoxy) is 3. The Bertz CT molecular complexity index is 906. The van der Waals surface area contributed by atoms with Gasteiger partial charge in [0, 0.05) is 50.9 Å². The molecule has 0 radical (unpaired) electrons. The molecule has 0 spiro atoms. The summed E-state index contributed by atoms with van der Waals surface area (Å²) in [6.45, 7) is 8.24. The van der Waals surface area contributed by atoms with E-state index in [-0.39, 0.29) is 6.10 Å². The van der Waals surface area contributed by atoms with Crippen LogP contribution in [0.3, 0.4) is 0 Å². The number of benzene rings is 2. The Morgan fingerprint density at radius 3 is 2.56 bits per heavy atom. The number of hydrogen-bond acceptors (Lipinski definition) is 5.